The van der Waals surface area contributed by atoms with E-state index in [0.717, 1.165) is 11.8 Å². The fourth-order valence-electron chi connectivity index (χ4n) is 2.16. The van der Waals surface area contributed by atoms with Gasteiger partial charge in [0.1, 0.15) is 0 Å². The highest BCUT2D eigenvalue weighted by Gasteiger charge is 2.14. The Labute approximate surface area is 156 Å². The van der Waals surface area contributed by atoms with E-state index in [0.29, 0.717) is 0 Å². The van der Waals surface area contributed by atoms with Gasteiger partial charge >= 0.3 is 5.97 Å². The molecular weight excluding hydrogens is 372 g/mol. The van der Waals surface area contributed by atoms with Gasteiger partial charge in [0.05, 0.1) is 18.2 Å². The van der Waals surface area contributed by atoms with Gasteiger partial charge in [0.25, 0.3) is 5.91 Å². The Bertz CT molecular complexity index is 941. The quantitative estimate of drug-likeness (QED) is 0.684. The van der Waals surface area contributed by atoms with E-state index in [1.165, 1.54) is 24.3 Å². The van der Waals surface area contributed by atoms with Crippen molar-refractivity contribution in [3.05, 3.63) is 65.7 Å². The van der Waals surface area contributed by atoms with Crippen LogP contribution in [-0.2, 0) is 30.8 Å². The number of rotatable bonds is 7. The molecule has 2 rings (SSSR count). The van der Waals surface area contributed by atoms with E-state index in [9.17, 15) is 22.8 Å². The molecule has 0 aliphatic carbocycles. The van der Waals surface area contributed by atoms with Crippen molar-refractivity contribution < 1.29 is 27.5 Å². The van der Waals surface area contributed by atoms with Gasteiger partial charge in [-0.3, -0.25) is 19.6 Å². The minimum atomic E-state index is -3.49. The summed E-state index contributed by atoms with van der Waals surface area (Å²) in [5, 5.41) is 2.13. The lowest BCUT2D eigenvalue weighted by atomic mass is 10.1. The van der Waals surface area contributed by atoms with Gasteiger partial charge in [-0.15, -0.1) is 0 Å². The monoisotopic (exact) mass is 390 g/mol. The Morgan fingerprint density at radius 1 is 0.963 bits per heavy atom. The number of esters is 1. The van der Waals surface area contributed by atoms with Crippen LogP contribution in [0, 0.1) is 0 Å². The molecule has 142 valence electrons. The number of sulfonamides is 1. The first kappa shape index (κ1) is 20.1. The zero-order chi connectivity index (χ0) is 19.9. The van der Waals surface area contributed by atoms with E-state index < -0.39 is 34.4 Å². The average molecular weight is 390 g/mol. The summed E-state index contributed by atoms with van der Waals surface area (Å²) < 4.78 is 29.5. The molecule has 0 fully saturated rings. The number of nitrogens with one attached hydrogen (secondary N) is 2. The summed E-state index contributed by atoms with van der Waals surface area (Å²) in [6, 6.07) is 14.5. The molecule has 8 nitrogen and oxygen atoms in total. The summed E-state index contributed by atoms with van der Waals surface area (Å²) in [6.07, 6.45) is 1.01. The van der Waals surface area contributed by atoms with Crippen molar-refractivity contribution in [1.82, 2.24) is 5.32 Å². The van der Waals surface area contributed by atoms with Crippen molar-refractivity contribution in [2.75, 3.05) is 17.6 Å². The van der Waals surface area contributed by atoms with E-state index in [4.69, 9.17) is 4.74 Å². The number of ether oxygens (including phenoxy) is 1. The second-order valence-corrected chi connectivity index (χ2v) is 7.41. The highest BCUT2D eigenvalue weighted by Crippen LogP contribution is 2.12. The van der Waals surface area contributed by atoms with Crippen molar-refractivity contribution >= 4 is 33.5 Å². The van der Waals surface area contributed by atoms with Gasteiger partial charge in [0, 0.05) is 5.69 Å². The highest BCUT2D eigenvalue weighted by molar-refractivity contribution is 7.92. The van der Waals surface area contributed by atoms with Crippen LogP contribution < -0.4 is 10.0 Å². The molecule has 0 saturated carbocycles. The lowest BCUT2D eigenvalue weighted by Crippen LogP contribution is -2.35. The molecule has 27 heavy (non-hydrogen) atoms. The number of benzene rings is 2. The summed E-state index contributed by atoms with van der Waals surface area (Å²) in [7, 11) is -3.49. The molecule has 0 aliphatic heterocycles. The van der Waals surface area contributed by atoms with Gasteiger partial charge < -0.3 is 4.74 Å². The van der Waals surface area contributed by atoms with Crippen LogP contribution >= 0.6 is 0 Å². The topological polar surface area (TPSA) is 119 Å². The first-order valence-corrected chi connectivity index (χ1v) is 9.74. The van der Waals surface area contributed by atoms with Crippen molar-refractivity contribution in [3.63, 3.8) is 0 Å². The van der Waals surface area contributed by atoms with Crippen LogP contribution in [0.3, 0.4) is 0 Å². The summed E-state index contributed by atoms with van der Waals surface area (Å²) in [6.45, 7) is -0.636. The maximum absolute atomic E-state index is 12.0. The average Bonchev–Trinajstić information content (AvgIpc) is 2.59. The van der Waals surface area contributed by atoms with E-state index in [1.807, 2.05) is 6.07 Å². The maximum Gasteiger partial charge on any atom is 0.338 e. The van der Waals surface area contributed by atoms with Gasteiger partial charge in [-0.1, -0.05) is 36.4 Å². The SMILES string of the molecule is CS(=O)(=O)Nc1cccc(C(=O)OCC(=O)NC(=O)Cc2ccccc2)c1. The molecule has 0 spiro atoms. The van der Waals surface area contributed by atoms with Gasteiger partial charge in [0.15, 0.2) is 6.61 Å². The van der Waals surface area contributed by atoms with Crippen LogP contribution in [-0.4, -0.2) is 39.1 Å². The molecular formula is C18H18N2O6S. The molecule has 0 atom stereocenters. The van der Waals surface area contributed by atoms with Gasteiger partial charge in [-0.25, -0.2) is 13.2 Å². The Hall–Kier alpha value is -3.20. The molecule has 0 bridgehead atoms. The number of carbonyl (C=O) groups is 3. The van der Waals surface area contributed by atoms with Crippen molar-refractivity contribution in [2.24, 2.45) is 0 Å². The molecule has 2 aromatic carbocycles. The molecule has 0 aliphatic rings. The van der Waals surface area contributed by atoms with Crippen LogP contribution in [0.4, 0.5) is 5.69 Å². The summed E-state index contributed by atoms with van der Waals surface area (Å²) >= 11 is 0. The van der Waals surface area contributed by atoms with Crippen LogP contribution in [0.25, 0.3) is 0 Å². The highest BCUT2D eigenvalue weighted by atomic mass is 32.2. The zero-order valence-corrected chi connectivity index (χ0v) is 15.3. The second kappa shape index (κ2) is 8.95. The minimum Gasteiger partial charge on any atom is -0.452 e. The number of anilines is 1. The molecule has 2 aromatic rings. The predicted molar refractivity (Wildman–Crippen MR) is 98.5 cm³/mol. The van der Waals surface area contributed by atoms with Gasteiger partial charge in [0.2, 0.25) is 15.9 Å². The first-order valence-electron chi connectivity index (χ1n) is 7.84. The van der Waals surface area contributed by atoms with E-state index in [1.54, 1.807) is 24.3 Å². The Morgan fingerprint density at radius 3 is 2.33 bits per heavy atom. The number of hydrogen-bond acceptors (Lipinski definition) is 6. The minimum absolute atomic E-state index is 0.0275. The van der Waals surface area contributed by atoms with Crippen molar-refractivity contribution in [1.29, 1.82) is 0 Å². The standard InChI is InChI=1S/C18H18N2O6S/c1-27(24,25)20-15-9-5-8-14(11-15)18(23)26-12-17(22)19-16(21)10-13-6-3-2-4-7-13/h2-9,11,20H,10,12H2,1H3,(H,19,21,22). The smallest absolute Gasteiger partial charge is 0.338 e. The Morgan fingerprint density at radius 2 is 1.67 bits per heavy atom. The van der Waals surface area contributed by atoms with Crippen LogP contribution in [0.1, 0.15) is 15.9 Å². The number of imide groups is 1. The number of carbonyl (C=O) groups excluding carboxylic acids is 3. The largest absolute Gasteiger partial charge is 0.452 e. The second-order valence-electron chi connectivity index (χ2n) is 5.66. The molecule has 2 amide bonds. The molecule has 0 saturated heterocycles. The first-order chi connectivity index (χ1) is 12.7. The maximum atomic E-state index is 12.0. The Balaban J connectivity index is 1.85. The normalized spacial score (nSPS) is 10.7. The molecule has 0 aromatic heterocycles. The summed E-state index contributed by atoms with van der Waals surface area (Å²) in [4.78, 5) is 35.5. The third-order valence-electron chi connectivity index (χ3n) is 3.22. The van der Waals surface area contributed by atoms with Crippen LogP contribution in [0.2, 0.25) is 0 Å². The molecule has 0 radical (unpaired) electrons. The third kappa shape index (κ3) is 7.28. The summed E-state index contributed by atoms with van der Waals surface area (Å²) in [5.41, 5.74) is 0.997. The van der Waals surface area contributed by atoms with E-state index in [2.05, 4.69) is 10.0 Å². The number of hydrogen-bond donors (Lipinski definition) is 2. The zero-order valence-electron chi connectivity index (χ0n) is 14.5. The number of amides is 2. The van der Waals surface area contributed by atoms with Gasteiger partial charge in [-0.2, -0.15) is 0 Å². The van der Waals surface area contributed by atoms with Gasteiger partial charge in [-0.05, 0) is 23.8 Å². The fraction of sp³-hybridized carbons (Fsp3) is 0.167. The van der Waals surface area contributed by atoms with Crippen LogP contribution in [0.15, 0.2) is 54.6 Å². The van der Waals surface area contributed by atoms with E-state index >= 15 is 0 Å². The predicted octanol–water partition coefficient (Wildman–Crippen LogP) is 1.10. The Kier molecular flexibility index (Phi) is 6.67. The lowest BCUT2D eigenvalue weighted by molar-refractivity contribution is -0.132. The molecule has 0 heterocycles. The third-order valence-corrected chi connectivity index (χ3v) is 3.83. The van der Waals surface area contributed by atoms with Crippen molar-refractivity contribution in [2.45, 2.75) is 6.42 Å². The molecule has 2 N–H and O–H groups in total. The fourth-order valence-corrected chi connectivity index (χ4v) is 2.71. The van der Waals surface area contributed by atoms with E-state index in [-0.39, 0.29) is 17.7 Å². The lowest BCUT2D eigenvalue weighted by Gasteiger charge is -2.08. The van der Waals surface area contributed by atoms with Crippen LogP contribution in [0.5, 0.6) is 0 Å². The molecule has 9 heteroatoms. The summed E-state index contributed by atoms with van der Waals surface area (Å²) in [5.74, 6) is -2.09. The molecule has 0 unspecified atom stereocenters. The van der Waals surface area contributed by atoms with Crippen molar-refractivity contribution in [3.8, 4) is 0 Å².